The smallest absolute Gasteiger partial charge is 0.258 e. The maximum atomic E-state index is 13.3. The van der Waals surface area contributed by atoms with E-state index in [1.807, 2.05) is 58.0 Å². The summed E-state index contributed by atoms with van der Waals surface area (Å²) in [6, 6.07) is 11.0. The Hall–Kier alpha value is -2.55. The van der Waals surface area contributed by atoms with Crippen LogP contribution in [-0.4, -0.2) is 53.8 Å². The van der Waals surface area contributed by atoms with Crippen LogP contribution in [-0.2, 0) is 10.0 Å². The molecule has 2 aromatic carbocycles. The van der Waals surface area contributed by atoms with Crippen molar-refractivity contribution >= 4 is 20.9 Å². The van der Waals surface area contributed by atoms with Crippen LogP contribution >= 0.6 is 0 Å². The van der Waals surface area contributed by atoms with Gasteiger partial charge >= 0.3 is 0 Å². The van der Waals surface area contributed by atoms with Gasteiger partial charge in [-0.1, -0.05) is 29.8 Å². The average Bonchev–Trinajstić information content (AvgIpc) is 2.72. The van der Waals surface area contributed by atoms with Crippen LogP contribution in [0, 0.1) is 20.8 Å². The first kappa shape index (κ1) is 21.7. The van der Waals surface area contributed by atoms with Crippen molar-refractivity contribution in [3.05, 3.63) is 69.3 Å². The van der Waals surface area contributed by atoms with Crippen LogP contribution in [0.4, 0.5) is 0 Å². The van der Waals surface area contributed by atoms with Crippen LogP contribution in [0.15, 0.2) is 46.1 Å². The number of hydrogen-bond acceptors (Lipinski definition) is 5. The van der Waals surface area contributed by atoms with E-state index in [2.05, 4.69) is 14.9 Å². The minimum Gasteiger partial charge on any atom is -0.309 e. The monoisotopic (exact) mass is 440 g/mol. The zero-order valence-electron chi connectivity index (χ0n) is 18.3. The third-order valence-corrected chi connectivity index (χ3v) is 8.26. The van der Waals surface area contributed by atoms with Crippen LogP contribution in [0.1, 0.15) is 35.5 Å². The molecule has 1 aliphatic heterocycles. The van der Waals surface area contributed by atoms with Gasteiger partial charge in [0.25, 0.3) is 5.56 Å². The maximum absolute atomic E-state index is 13.3. The van der Waals surface area contributed by atoms with Crippen molar-refractivity contribution in [3.8, 4) is 0 Å². The van der Waals surface area contributed by atoms with E-state index in [0.717, 1.165) is 16.7 Å². The molecule has 1 saturated heterocycles. The first-order chi connectivity index (χ1) is 14.7. The minimum absolute atomic E-state index is 0.120. The third kappa shape index (κ3) is 4.03. The van der Waals surface area contributed by atoms with Gasteiger partial charge in [0.05, 0.1) is 21.8 Å². The molecule has 1 unspecified atom stereocenters. The van der Waals surface area contributed by atoms with Gasteiger partial charge in [-0.25, -0.2) is 13.4 Å². The molecule has 1 aromatic heterocycles. The lowest BCUT2D eigenvalue weighted by Crippen LogP contribution is -2.49. The standard InChI is InChI=1S/C23H28N4O3S/c1-15-13-16(2)21(17(3)14-15)31(29,30)27-11-9-26(10-12-27)18(4)22-24-20-8-6-5-7-19(20)23(28)25-22/h5-8,13-14,18H,9-12H2,1-4H3,(H,24,25,28). The Morgan fingerprint density at radius 2 is 1.61 bits per heavy atom. The number of fused-ring (bicyclic) bond motifs is 1. The quantitative estimate of drug-likeness (QED) is 0.674. The van der Waals surface area contributed by atoms with E-state index < -0.39 is 10.0 Å². The van der Waals surface area contributed by atoms with Crippen molar-refractivity contribution < 1.29 is 8.42 Å². The molecular weight excluding hydrogens is 412 g/mol. The summed E-state index contributed by atoms with van der Waals surface area (Å²) in [6.07, 6.45) is 0. The van der Waals surface area contributed by atoms with E-state index in [0.29, 0.717) is 47.8 Å². The Morgan fingerprint density at radius 3 is 2.26 bits per heavy atom. The zero-order chi connectivity index (χ0) is 22.3. The molecule has 31 heavy (non-hydrogen) atoms. The molecule has 1 N–H and O–H groups in total. The molecule has 0 bridgehead atoms. The normalized spacial score (nSPS) is 17.2. The summed E-state index contributed by atoms with van der Waals surface area (Å²) >= 11 is 0. The van der Waals surface area contributed by atoms with E-state index in [-0.39, 0.29) is 11.6 Å². The number of H-pyrrole nitrogens is 1. The Morgan fingerprint density at radius 1 is 1.00 bits per heavy atom. The van der Waals surface area contributed by atoms with Crippen LogP contribution < -0.4 is 5.56 Å². The van der Waals surface area contributed by atoms with Gasteiger partial charge in [0.15, 0.2) is 0 Å². The summed E-state index contributed by atoms with van der Waals surface area (Å²) in [5.41, 5.74) is 3.14. The Balaban J connectivity index is 1.53. The Kier molecular flexibility index (Phi) is 5.72. The second kappa shape index (κ2) is 8.18. The fraction of sp³-hybridized carbons (Fsp3) is 0.391. The summed E-state index contributed by atoms with van der Waals surface area (Å²) in [6.45, 7) is 9.61. The topological polar surface area (TPSA) is 86.4 Å². The van der Waals surface area contributed by atoms with Gasteiger partial charge in [-0.2, -0.15) is 4.31 Å². The predicted molar refractivity (Wildman–Crippen MR) is 122 cm³/mol. The number of nitrogens with zero attached hydrogens (tertiary/aromatic N) is 3. The van der Waals surface area contributed by atoms with Crippen molar-refractivity contribution in [1.82, 2.24) is 19.2 Å². The Labute approximate surface area is 182 Å². The van der Waals surface area contributed by atoms with Crippen LogP contribution in [0.3, 0.4) is 0 Å². The lowest BCUT2D eigenvalue weighted by atomic mass is 10.1. The first-order valence-corrected chi connectivity index (χ1v) is 11.9. The highest BCUT2D eigenvalue weighted by Crippen LogP contribution is 2.27. The number of nitrogens with one attached hydrogen (secondary N) is 1. The van der Waals surface area contributed by atoms with Gasteiger partial charge in [-0.3, -0.25) is 9.69 Å². The first-order valence-electron chi connectivity index (χ1n) is 10.5. The second-order valence-corrected chi connectivity index (χ2v) is 10.2. The van der Waals surface area contributed by atoms with Crippen LogP contribution in [0.2, 0.25) is 0 Å². The highest BCUT2D eigenvalue weighted by molar-refractivity contribution is 7.89. The molecule has 1 atom stereocenters. The van der Waals surface area contributed by atoms with Crippen LogP contribution in [0.5, 0.6) is 0 Å². The fourth-order valence-electron chi connectivity index (χ4n) is 4.51. The molecule has 0 saturated carbocycles. The van der Waals surface area contributed by atoms with Crippen molar-refractivity contribution in [2.75, 3.05) is 26.2 Å². The molecule has 7 nitrogen and oxygen atoms in total. The largest absolute Gasteiger partial charge is 0.309 e. The van der Waals surface area contributed by atoms with Crippen molar-refractivity contribution in [1.29, 1.82) is 0 Å². The molecule has 2 heterocycles. The number of benzene rings is 2. The molecule has 8 heteroatoms. The SMILES string of the molecule is Cc1cc(C)c(S(=O)(=O)N2CCN(C(C)c3nc4ccccc4c(=O)[nH]3)CC2)c(C)c1. The van der Waals surface area contributed by atoms with Gasteiger partial charge in [0, 0.05) is 26.2 Å². The van der Waals surface area contributed by atoms with Gasteiger partial charge in [0.2, 0.25) is 10.0 Å². The maximum Gasteiger partial charge on any atom is 0.258 e. The zero-order valence-corrected chi connectivity index (χ0v) is 19.2. The highest BCUT2D eigenvalue weighted by atomic mass is 32.2. The number of aryl methyl sites for hydroxylation is 3. The summed E-state index contributed by atoms with van der Waals surface area (Å²) < 4.78 is 28.2. The van der Waals surface area contributed by atoms with Crippen LogP contribution in [0.25, 0.3) is 10.9 Å². The predicted octanol–water partition coefficient (Wildman–Crippen LogP) is 2.92. The summed E-state index contributed by atoms with van der Waals surface area (Å²) in [5.74, 6) is 0.602. The molecule has 1 fully saturated rings. The van der Waals surface area contributed by atoms with Gasteiger partial charge in [0.1, 0.15) is 5.82 Å². The fourth-order valence-corrected chi connectivity index (χ4v) is 6.34. The summed E-state index contributed by atoms with van der Waals surface area (Å²) in [4.78, 5) is 22.5. The molecule has 0 aliphatic carbocycles. The summed E-state index contributed by atoms with van der Waals surface area (Å²) in [5, 5.41) is 0.568. The lowest BCUT2D eigenvalue weighted by molar-refractivity contribution is 0.141. The molecule has 164 valence electrons. The van der Waals surface area contributed by atoms with Gasteiger partial charge < -0.3 is 4.98 Å². The van der Waals surface area contributed by atoms with Gasteiger partial charge in [-0.15, -0.1) is 0 Å². The molecule has 0 radical (unpaired) electrons. The van der Waals surface area contributed by atoms with E-state index in [4.69, 9.17) is 0 Å². The molecule has 0 spiro atoms. The average molecular weight is 441 g/mol. The highest BCUT2D eigenvalue weighted by Gasteiger charge is 2.32. The number of sulfonamides is 1. The Bertz CT molecular complexity index is 1270. The number of piperazine rings is 1. The molecular formula is C23H28N4O3S. The number of rotatable bonds is 4. The summed E-state index contributed by atoms with van der Waals surface area (Å²) in [7, 11) is -3.56. The van der Waals surface area contributed by atoms with Crippen molar-refractivity contribution in [2.45, 2.75) is 38.6 Å². The number of hydrogen-bond donors (Lipinski definition) is 1. The third-order valence-electron chi connectivity index (χ3n) is 6.05. The number of aromatic amines is 1. The number of para-hydroxylation sites is 1. The minimum atomic E-state index is -3.56. The molecule has 0 amide bonds. The van der Waals surface area contributed by atoms with E-state index in [9.17, 15) is 13.2 Å². The molecule has 3 aromatic rings. The molecule has 4 rings (SSSR count). The van der Waals surface area contributed by atoms with Crippen molar-refractivity contribution in [3.63, 3.8) is 0 Å². The van der Waals surface area contributed by atoms with E-state index in [1.54, 1.807) is 10.4 Å². The second-order valence-electron chi connectivity index (χ2n) is 8.31. The molecule has 1 aliphatic rings. The van der Waals surface area contributed by atoms with Gasteiger partial charge in [-0.05, 0) is 51.0 Å². The van der Waals surface area contributed by atoms with E-state index in [1.165, 1.54) is 0 Å². The van der Waals surface area contributed by atoms with Crippen molar-refractivity contribution in [2.24, 2.45) is 0 Å². The van der Waals surface area contributed by atoms with E-state index >= 15 is 0 Å². The number of aromatic nitrogens is 2. The lowest BCUT2D eigenvalue weighted by Gasteiger charge is -2.37.